The third-order valence-electron chi connectivity index (χ3n) is 2.55. The Labute approximate surface area is 105 Å². The van der Waals surface area contributed by atoms with E-state index in [1.165, 1.54) is 0 Å². The van der Waals surface area contributed by atoms with Crippen molar-refractivity contribution in [3.8, 4) is 0 Å². The molecule has 2 amide bonds. The summed E-state index contributed by atoms with van der Waals surface area (Å²) in [6.45, 7) is 5.38. The van der Waals surface area contributed by atoms with E-state index in [1.54, 1.807) is 13.8 Å². The Bertz CT molecular complexity index is 422. The third kappa shape index (κ3) is 3.47. The van der Waals surface area contributed by atoms with Gasteiger partial charge in [-0.2, -0.15) is 5.10 Å². The van der Waals surface area contributed by atoms with Crippen molar-refractivity contribution in [2.24, 2.45) is 0 Å². The summed E-state index contributed by atoms with van der Waals surface area (Å²) >= 11 is 0. The van der Waals surface area contributed by atoms with Crippen LogP contribution in [0.15, 0.2) is 0 Å². The molecule has 0 radical (unpaired) electrons. The van der Waals surface area contributed by atoms with Gasteiger partial charge in [-0.3, -0.25) is 5.10 Å². The number of aliphatic carboxylic acids is 1. The van der Waals surface area contributed by atoms with Crippen LogP contribution in [-0.2, 0) is 4.79 Å². The number of aromatic amines is 1. The first-order valence-corrected chi connectivity index (χ1v) is 5.77. The highest BCUT2D eigenvalue weighted by Crippen LogP contribution is 2.15. The standard InChI is InChI=1S/C11H18N4O3/c1-4-5-8(10(16)17)12-11(18)13-9-6(2)14-15-7(9)3/h8H,4-5H2,1-3H3,(H,14,15)(H,16,17)(H2,12,13,18). The summed E-state index contributed by atoms with van der Waals surface area (Å²) in [5.74, 6) is -1.03. The number of carboxylic acid groups (broad SMARTS) is 1. The lowest BCUT2D eigenvalue weighted by Gasteiger charge is -2.14. The summed E-state index contributed by atoms with van der Waals surface area (Å²) in [6.07, 6.45) is 1.08. The van der Waals surface area contributed by atoms with Crippen molar-refractivity contribution in [3.63, 3.8) is 0 Å². The molecule has 0 aromatic carbocycles. The molecular weight excluding hydrogens is 236 g/mol. The van der Waals surface area contributed by atoms with Crippen LogP contribution in [0.5, 0.6) is 0 Å². The molecule has 0 fully saturated rings. The molecule has 1 unspecified atom stereocenters. The lowest BCUT2D eigenvalue weighted by molar-refractivity contribution is -0.139. The molecule has 1 aromatic rings. The van der Waals surface area contributed by atoms with Crippen molar-refractivity contribution in [2.45, 2.75) is 39.7 Å². The molecule has 0 aliphatic heterocycles. The molecule has 100 valence electrons. The number of carboxylic acids is 1. The minimum atomic E-state index is -1.03. The van der Waals surface area contributed by atoms with E-state index in [4.69, 9.17) is 5.11 Å². The fraction of sp³-hybridized carbons (Fsp3) is 0.545. The molecule has 0 aliphatic carbocycles. The van der Waals surface area contributed by atoms with Crippen molar-refractivity contribution >= 4 is 17.7 Å². The number of aromatic nitrogens is 2. The number of carbonyl (C=O) groups excluding carboxylic acids is 1. The molecule has 1 aromatic heterocycles. The number of hydrogen-bond donors (Lipinski definition) is 4. The molecule has 0 bridgehead atoms. The molecule has 7 heteroatoms. The van der Waals surface area contributed by atoms with Gasteiger partial charge >= 0.3 is 12.0 Å². The van der Waals surface area contributed by atoms with Crippen molar-refractivity contribution in [3.05, 3.63) is 11.4 Å². The van der Waals surface area contributed by atoms with Crippen molar-refractivity contribution < 1.29 is 14.7 Å². The van der Waals surface area contributed by atoms with Crippen LogP contribution in [0.1, 0.15) is 31.2 Å². The van der Waals surface area contributed by atoms with Gasteiger partial charge in [-0.1, -0.05) is 13.3 Å². The third-order valence-corrected chi connectivity index (χ3v) is 2.55. The first kappa shape index (κ1) is 14.0. The highest BCUT2D eigenvalue weighted by molar-refractivity contribution is 5.93. The zero-order valence-electron chi connectivity index (χ0n) is 10.7. The van der Waals surface area contributed by atoms with Gasteiger partial charge < -0.3 is 15.7 Å². The maximum absolute atomic E-state index is 11.7. The number of aryl methyl sites for hydroxylation is 2. The number of nitrogens with one attached hydrogen (secondary N) is 3. The fourth-order valence-electron chi connectivity index (χ4n) is 1.59. The Morgan fingerprint density at radius 1 is 1.44 bits per heavy atom. The molecule has 1 heterocycles. The molecule has 4 N–H and O–H groups in total. The van der Waals surface area contributed by atoms with Crippen LogP contribution in [0.3, 0.4) is 0 Å². The maximum Gasteiger partial charge on any atom is 0.326 e. The average molecular weight is 254 g/mol. The van der Waals surface area contributed by atoms with E-state index in [2.05, 4.69) is 20.8 Å². The zero-order chi connectivity index (χ0) is 13.7. The molecular formula is C11H18N4O3. The van der Waals surface area contributed by atoms with Crippen molar-refractivity contribution in [1.82, 2.24) is 15.5 Å². The summed E-state index contributed by atoms with van der Waals surface area (Å²) in [7, 11) is 0. The van der Waals surface area contributed by atoms with Gasteiger partial charge in [-0.15, -0.1) is 0 Å². The molecule has 0 saturated carbocycles. The van der Waals surface area contributed by atoms with Crippen LogP contribution in [-0.4, -0.2) is 33.3 Å². The number of nitrogens with zero attached hydrogens (tertiary/aromatic N) is 1. The quantitative estimate of drug-likeness (QED) is 0.637. The second kappa shape index (κ2) is 6.04. The summed E-state index contributed by atoms with van der Waals surface area (Å²) in [4.78, 5) is 22.6. The molecule has 1 rings (SSSR count). The van der Waals surface area contributed by atoms with Gasteiger partial charge in [0.2, 0.25) is 0 Å². The normalized spacial score (nSPS) is 11.9. The van der Waals surface area contributed by atoms with Crippen molar-refractivity contribution in [1.29, 1.82) is 0 Å². The van der Waals surface area contributed by atoms with Crippen LogP contribution in [0.4, 0.5) is 10.5 Å². The number of H-pyrrole nitrogens is 1. The van der Waals surface area contributed by atoms with Gasteiger partial charge in [0.15, 0.2) is 0 Å². The predicted molar refractivity (Wildman–Crippen MR) is 66.5 cm³/mol. The SMILES string of the molecule is CCCC(NC(=O)Nc1c(C)n[nH]c1C)C(=O)O. The number of hydrogen-bond acceptors (Lipinski definition) is 3. The lowest BCUT2D eigenvalue weighted by atomic mass is 10.2. The molecule has 7 nitrogen and oxygen atoms in total. The van der Waals surface area contributed by atoms with E-state index in [1.807, 2.05) is 6.92 Å². The highest BCUT2D eigenvalue weighted by atomic mass is 16.4. The Morgan fingerprint density at radius 2 is 2.11 bits per heavy atom. The van der Waals surface area contributed by atoms with E-state index in [0.29, 0.717) is 24.2 Å². The second-order valence-electron chi connectivity index (χ2n) is 4.09. The van der Waals surface area contributed by atoms with Crippen LogP contribution < -0.4 is 10.6 Å². The summed E-state index contributed by atoms with van der Waals surface area (Å²) in [5, 5.41) is 20.6. The first-order chi connectivity index (χ1) is 8.45. The number of carbonyl (C=O) groups is 2. The van der Waals surface area contributed by atoms with E-state index in [0.717, 1.165) is 5.69 Å². The molecule has 18 heavy (non-hydrogen) atoms. The monoisotopic (exact) mass is 254 g/mol. The molecule has 0 saturated heterocycles. The van der Waals surface area contributed by atoms with E-state index in [9.17, 15) is 9.59 Å². The molecule has 0 aliphatic rings. The maximum atomic E-state index is 11.7. The molecule has 1 atom stereocenters. The van der Waals surface area contributed by atoms with Gasteiger partial charge in [0.05, 0.1) is 17.1 Å². The molecule has 0 spiro atoms. The Hall–Kier alpha value is -2.05. The number of urea groups is 1. The first-order valence-electron chi connectivity index (χ1n) is 5.77. The Kier molecular flexibility index (Phi) is 4.70. The fourth-order valence-corrected chi connectivity index (χ4v) is 1.59. The van der Waals surface area contributed by atoms with E-state index in [-0.39, 0.29) is 0 Å². The van der Waals surface area contributed by atoms with E-state index >= 15 is 0 Å². The van der Waals surface area contributed by atoms with Crippen molar-refractivity contribution in [2.75, 3.05) is 5.32 Å². The van der Waals surface area contributed by atoms with Gasteiger partial charge in [0.1, 0.15) is 6.04 Å². The van der Waals surface area contributed by atoms with Gasteiger partial charge in [-0.05, 0) is 20.3 Å². The van der Waals surface area contributed by atoms with Gasteiger partial charge in [0, 0.05) is 0 Å². The minimum absolute atomic E-state index is 0.395. The second-order valence-corrected chi connectivity index (χ2v) is 4.09. The van der Waals surface area contributed by atoms with Crippen LogP contribution >= 0.6 is 0 Å². The predicted octanol–water partition coefficient (Wildman–Crippen LogP) is 1.40. The smallest absolute Gasteiger partial charge is 0.326 e. The largest absolute Gasteiger partial charge is 0.480 e. The van der Waals surface area contributed by atoms with Gasteiger partial charge in [-0.25, -0.2) is 9.59 Å². The highest BCUT2D eigenvalue weighted by Gasteiger charge is 2.19. The van der Waals surface area contributed by atoms with Crippen LogP contribution in [0, 0.1) is 13.8 Å². The summed E-state index contributed by atoms with van der Waals surface area (Å²) in [6, 6.07) is -1.41. The lowest BCUT2D eigenvalue weighted by Crippen LogP contribution is -2.43. The number of rotatable bonds is 5. The zero-order valence-corrected chi connectivity index (χ0v) is 10.7. The minimum Gasteiger partial charge on any atom is -0.480 e. The van der Waals surface area contributed by atoms with Gasteiger partial charge in [0.25, 0.3) is 0 Å². The van der Waals surface area contributed by atoms with E-state index < -0.39 is 18.0 Å². The summed E-state index contributed by atoms with van der Waals surface area (Å²) < 4.78 is 0. The Morgan fingerprint density at radius 3 is 2.56 bits per heavy atom. The topological polar surface area (TPSA) is 107 Å². The van der Waals surface area contributed by atoms with Crippen LogP contribution in [0.2, 0.25) is 0 Å². The number of anilines is 1. The van der Waals surface area contributed by atoms with Crippen LogP contribution in [0.25, 0.3) is 0 Å². The Balaban J connectivity index is 2.63. The average Bonchev–Trinajstić information content (AvgIpc) is 2.60. The summed E-state index contributed by atoms with van der Waals surface area (Å²) in [5.41, 5.74) is 1.96. The number of amides is 2.